The first-order valence-corrected chi connectivity index (χ1v) is 13.3. The summed E-state index contributed by atoms with van der Waals surface area (Å²) < 4.78 is 66.0. The topological polar surface area (TPSA) is 108 Å². The minimum atomic E-state index is -4.56. The summed E-state index contributed by atoms with van der Waals surface area (Å²) in [6, 6.07) is 9.30. The molecule has 3 heterocycles. The molecule has 0 spiro atoms. The average molecular weight is 535 g/mol. The Kier molecular flexibility index (Phi) is 6.61. The molecule has 37 heavy (non-hydrogen) atoms. The van der Waals surface area contributed by atoms with Crippen LogP contribution in [0.1, 0.15) is 27.2 Å². The molecule has 0 saturated carbocycles. The largest absolute Gasteiger partial charge is 0.416 e. The van der Waals surface area contributed by atoms with Crippen LogP contribution in [0.15, 0.2) is 47.4 Å². The van der Waals surface area contributed by atoms with Crippen LogP contribution in [0.4, 0.5) is 24.7 Å². The number of aromatic nitrogens is 2. The van der Waals surface area contributed by atoms with Crippen LogP contribution >= 0.6 is 10.6 Å². The van der Waals surface area contributed by atoms with Gasteiger partial charge in [0.15, 0.2) is 11.6 Å². The number of nitrogens with zero attached hydrogens (tertiary/aromatic N) is 3. The Morgan fingerprint density at radius 1 is 1.11 bits per heavy atom. The van der Waals surface area contributed by atoms with Gasteiger partial charge in [-0.2, -0.15) is 23.8 Å². The number of benzene rings is 2. The molecule has 196 valence electrons. The number of carbonyl (C=O) groups excluding carboxylic acids is 1. The zero-order valence-corrected chi connectivity index (χ0v) is 20.7. The third-order valence-electron chi connectivity index (χ3n) is 6.37. The number of alkyl halides is 3. The first-order valence-electron chi connectivity index (χ1n) is 11.6. The van der Waals surface area contributed by atoms with Crippen LogP contribution in [-0.4, -0.2) is 57.0 Å². The van der Waals surface area contributed by atoms with E-state index >= 15 is 0 Å². The van der Waals surface area contributed by atoms with Crippen molar-refractivity contribution in [2.24, 2.45) is 0 Å². The highest BCUT2D eigenvalue weighted by atomic mass is 32.3. The molecule has 2 aromatic carbocycles. The van der Waals surface area contributed by atoms with E-state index in [1.807, 2.05) is 11.8 Å². The maximum absolute atomic E-state index is 13.1. The Balaban J connectivity index is 1.50. The van der Waals surface area contributed by atoms with E-state index in [-0.39, 0.29) is 11.3 Å². The van der Waals surface area contributed by atoms with Crippen molar-refractivity contribution in [3.63, 3.8) is 0 Å². The van der Waals surface area contributed by atoms with Crippen molar-refractivity contribution in [1.29, 1.82) is 0 Å². The van der Waals surface area contributed by atoms with Crippen LogP contribution < -0.4 is 10.2 Å². The van der Waals surface area contributed by atoms with Crippen molar-refractivity contribution in [3.8, 4) is 11.4 Å². The molecule has 2 aliphatic rings. The Labute approximate surface area is 212 Å². The lowest BCUT2D eigenvalue weighted by atomic mass is 10.1. The zero-order chi connectivity index (χ0) is 26.4. The summed E-state index contributed by atoms with van der Waals surface area (Å²) in [6.45, 7) is 3.92. The maximum Gasteiger partial charge on any atom is 0.416 e. The van der Waals surface area contributed by atoms with Crippen LogP contribution in [0.25, 0.3) is 11.4 Å². The minimum Gasteiger partial charge on any atom is -0.378 e. The van der Waals surface area contributed by atoms with E-state index in [2.05, 4.69) is 10.3 Å². The molecule has 0 bridgehead atoms. The molecule has 0 unspecified atom stereocenters. The van der Waals surface area contributed by atoms with Crippen LogP contribution in [0, 0.1) is 6.92 Å². The molecule has 0 atom stereocenters. The number of halogens is 3. The Morgan fingerprint density at radius 3 is 2.59 bits per heavy atom. The lowest BCUT2D eigenvalue weighted by Crippen LogP contribution is -2.37. The number of morpholine rings is 1. The summed E-state index contributed by atoms with van der Waals surface area (Å²) in [6.07, 6.45) is -4.16. The van der Waals surface area contributed by atoms with Gasteiger partial charge in [-0.1, -0.05) is 12.1 Å². The minimum absolute atomic E-state index is 0.120. The van der Waals surface area contributed by atoms with Crippen molar-refractivity contribution in [3.05, 3.63) is 64.8 Å². The van der Waals surface area contributed by atoms with Gasteiger partial charge in [0, 0.05) is 42.1 Å². The Hall–Kier alpha value is -3.19. The van der Waals surface area contributed by atoms with Crippen molar-refractivity contribution >= 4 is 28.0 Å². The average Bonchev–Trinajstić information content (AvgIpc) is 3.19. The van der Waals surface area contributed by atoms with E-state index in [4.69, 9.17) is 9.72 Å². The standard InChI is InChI=1S/C25H25F3N4O4S/c1-15-5-6-18(29-24(33)16-3-2-4-17(13-16)25(26,27)28)14-19(15)22-30-20-7-12-37(34,35)21(20)23(31-22)32-8-10-36-11-9-32/h2-6,13-14,34-35H,7-12H2,1H3,(H,29,33). The van der Waals surface area contributed by atoms with Crippen molar-refractivity contribution in [2.75, 3.05) is 42.3 Å². The van der Waals surface area contributed by atoms with Crippen molar-refractivity contribution in [2.45, 2.75) is 24.4 Å². The van der Waals surface area contributed by atoms with Crippen LogP contribution in [-0.2, 0) is 17.3 Å². The summed E-state index contributed by atoms with van der Waals surface area (Å²) in [4.78, 5) is 24.5. The Morgan fingerprint density at radius 2 is 1.86 bits per heavy atom. The Bertz CT molecular complexity index is 1360. The molecule has 1 amide bonds. The predicted octanol–water partition coefficient (Wildman–Crippen LogP) is 5.23. The number of amides is 1. The zero-order valence-electron chi connectivity index (χ0n) is 19.9. The number of fused-ring (bicyclic) bond motifs is 1. The quantitative estimate of drug-likeness (QED) is 0.421. The molecule has 2 aliphatic heterocycles. The third kappa shape index (κ3) is 5.14. The normalized spacial score (nSPS) is 17.8. The van der Waals surface area contributed by atoms with Gasteiger partial charge < -0.3 is 15.0 Å². The number of ether oxygens (including phenoxy) is 1. The predicted molar refractivity (Wildman–Crippen MR) is 134 cm³/mol. The van der Waals surface area contributed by atoms with Crippen LogP contribution in [0.2, 0.25) is 0 Å². The molecule has 8 nitrogen and oxygen atoms in total. The first kappa shape index (κ1) is 25.5. The van der Waals surface area contributed by atoms with Gasteiger partial charge in [0.25, 0.3) is 5.91 Å². The lowest BCUT2D eigenvalue weighted by molar-refractivity contribution is -0.137. The summed E-state index contributed by atoms with van der Waals surface area (Å²) in [5, 5.41) is 2.65. The number of hydrogen-bond acceptors (Lipinski definition) is 7. The fourth-order valence-electron chi connectivity index (χ4n) is 4.42. The van der Waals surface area contributed by atoms with Gasteiger partial charge in [0.2, 0.25) is 0 Å². The molecular formula is C25H25F3N4O4S. The molecule has 5 rings (SSSR count). The van der Waals surface area contributed by atoms with Crippen LogP contribution in [0.5, 0.6) is 0 Å². The van der Waals surface area contributed by atoms with E-state index in [9.17, 15) is 27.1 Å². The number of anilines is 2. The van der Waals surface area contributed by atoms with E-state index in [1.54, 1.807) is 18.2 Å². The van der Waals surface area contributed by atoms with E-state index in [0.29, 0.717) is 66.2 Å². The van der Waals surface area contributed by atoms with E-state index in [0.717, 1.165) is 17.7 Å². The second-order valence-corrected chi connectivity index (χ2v) is 11.1. The highest BCUT2D eigenvalue weighted by Crippen LogP contribution is 2.58. The van der Waals surface area contributed by atoms with Gasteiger partial charge in [0.1, 0.15) is 4.90 Å². The van der Waals surface area contributed by atoms with Gasteiger partial charge in [-0.3, -0.25) is 13.9 Å². The number of hydrogen-bond donors (Lipinski definition) is 3. The molecule has 0 aliphatic carbocycles. The fraction of sp³-hybridized carbons (Fsp3) is 0.320. The second kappa shape index (κ2) is 9.60. The highest BCUT2D eigenvalue weighted by Gasteiger charge is 2.35. The van der Waals surface area contributed by atoms with Crippen LogP contribution in [0.3, 0.4) is 0 Å². The molecule has 1 fully saturated rings. The smallest absolute Gasteiger partial charge is 0.378 e. The van der Waals surface area contributed by atoms with Gasteiger partial charge >= 0.3 is 6.18 Å². The van der Waals surface area contributed by atoms with Gasteiger partial charge in [-0.05, 0) is 42.8 Å². The summed E-state index contributed by atoms with van der Waals surface area (Å²) in [5.41, 5.74) is 1.34. The highest BCUT2D eigenvalue weighted by molar-refractivity contribution is 8.24. The van der Waals surface area contributed by atoms with Gasteiger partial charge in [0.05, 0.1) is 24.5 Å². The molecule has 1 saturated heterocycles. The number of rotatable bonds is 4. The molecule has 3 aromatic rings. The van der Waals surface area contributed by atoms with Crippen molar-refractivity contribution in [1.82, 2.24) is 9.97 Å². The number of carbonyl (C=O) groups is 1. The fourth-order valence-corrected chi connectivity index (χ4v) is 6.09. The number of aryl methyl sites for hydroxylation is 2. The monoisotopic (exact) mass is 534 g/mol. The molecule has 3 N–H and O–H groups in total. The van der Waals surface area contributed by atoms with E-state index in [1.165, 1.54) is 12.1 Å². The summed E-state index contributed by atoms with van der Waals surface area (Å²) in [5.74, 6) is 0.339. The lowest BCUT2D eigenvalue weighted by Gasteiger charge is -2.34. The van der Waals surface area contributed by atoms with Gasteiger partial charge in [-0.15, -0.1) is 0 Å². The third-order valence-corrected chi connectivity index (χ3v) is 8.21. The number of nitrogens with one attached hydrogen (secondary N) is 1. The molecular weight excluding hydrogens is 509 g/mol. The maximum atomic E-state index is 13.1. The molecule has 1 aromatic heterocycles. The second-order valence-electron chi connectivity index (χ2n) is 8.93. The molecule has 12 heteroatoms. The SMILES string of the molecule is Cc1ccc(NC(=O)c2cccc(C(F)(F)F)c2)cc1-c1nc2c(c(N3CCOCC3)n1)S(O)(O)CC2. The van der Waals surface area contributed by atoms with Crippen molar-refractivity contribution < 1.29 is 31.8 Å². The van der Waals surface area contributed by atoms with Gasteiger partial charge in [-0.25, -0.2) is 9.97 Å². The first-order chi connectivity index (χ1) is 17.5. The summed E-state index contributed by atoms with van der Waals surface area (Å²) in [7, 11) is -3.01. The van der Waals surface area contributed by atoms with E-state index < -0.39 is 28.2 Å². The summed E-state index contributed by atoms with van der Waals surface area (Å²) >= 11 is 0. The molecule has 0 radical (unpaired) electrons.